The molecule has 0 unspecified atom stereocenters. The van der Waals surface area contributed by atoms with Crippen molar-refractivity contribution in [2.45, 2.75) is 6.92 Å². The van der Waals surface area contributed by atoms with E-state index in [0.29, 0.717) is 5.56 Å². The largest absolute Gasteiger partial charge is 0.366 e. The van der Waals surface area contributed by atoms with Crippen LogP contribution in [0.5, 0.6) is 0 Å². The highest BCUT2D eigenvalue weighted by Gasteiger charge is 2.16. The van der Waals surface area contributed by atoms with Gasteiger partial charge in [-0.1, -0.05) is 18.2 Å². The van der Waals surface area contributed by atoms with Crippen molar-refractivity contribution in [1.82, 2.24) is 14.3 Å². The van der Waals surface area contributed by atoms with E-state index < -0.39 is 5.91 Å². The third-order valence-electron chi connectivity index (χ3n) is 5.33. The lowest BCUT2D eigenvalue weighted by molar-refractivity contribution is -0.111. The number of carbonyl (C=O) groups is 2. The van der Waals surface area contributed by atoms with E-state index >= 15 is 0 Å². The number of aryl methyl sites for hydroxylation is 2. The number of nitrogens with one attached hydrogen (secondary N) is 1. The molecule has 0 radical (unpaired) electrons. The summed E-state index contributed by atoms with van der Waals surface area (Å²) in [7, 11) is 3.71. The SMILES string of the molecule is Cc1c(NC(=O)/C=C/c2cnn(C)c2)cccc1-c1ccc(C(N)=O)c2c1ccn2C. The average Bonchev–Trinajstić information content (AvgIpc) is 3.33. The summed E-state index contributed by atoms with van der Waals surface area (Å²) in [6, 6.07) is 11.4. The molecule has 0 bridgehead atoms. The number of hydrogen-bond acceptors (Lipinski definition) is 3. The maximum atomic E-state index is 12.4. The molecule has 0 atom stereocenters. The Morgan fingerprint density at radius 3 is 2.61 bits per heavy atom. The summed E-state index contributed by atoms with van der Waals surface area (Å²) in [6.45, 7) is 1.96. The fraction of sp³-hybridized carbons (Fsp3) is 0.125. The van der Waals surface area contributed by atoms with Crippen molar-refractivity contribution in [3.8, 4) is 11.1 Å². The van der Waals surface area contributed by atoms with Gasteiger partial charge in [-0.2, -0.15) is 5.10 Å². The topological polar surface area (TPSA) is 94.9 Å². The minimum absolute atomic E-state index is 0.224. The maximum absolute atomic E-state index is 12.4. The fourth-order valence-corrected chi connectivity index (χ4v) is 3.79. The van der Waals surface area contributed by atoms with Crippen LogP contribution in [-0.2, 0) is 18.9 Å². The van der Waals surface area contributed by atoms with Gasteiger partial charge in [0.05, 0.1) is 17.3 Å². The third kappa shape index (κ3) is 3.85. The Balaban J connectivity index is 1.68. The standard InChI is InChI=1S/C24H23N5O2/c1-15-17(18-8-9-20(24(25)31)23-19(18)11-12-28(23)2)5-4-6-21(15)27-22(30)10-7-16-13-26-29(3)14-16/h4-14H,1-3H3,(H2,25,31)(H,27,30)/b10-7+. The summed E-state index contributed by atoms with van der Waals surface area (Å²) in [4.78, 5) is 24.3. The minimum atomic E-state index is -0.462. The molecule has 7 heteroatoms. The number of nitrogens with two attached hydrogens (primary N) is 1. The summed E-state index contributed by atoms with van der Waals surface area (Å²) in [5.41, 5.74) is 11.3. The second kappa shape index (κ2) is 7.95. The molecule has 0 saturated heterocycles. The first-order valence-electron chi connectivity index (χ1n) is 9.80. The van der Waals surface area contributed by atoms with Crippen LogP contribution >= 0.6 is 0 Å². The lowest BCUT2D eigenvalue weighted by atomic mass is 9.94. The Morgan fingerprint density at radius 1 is 1.10 bits per heavy atom. The van der Waals surface area contributed by atoms with Crippen molar-refractivity contribution in [2.24, 2.45) is 19.8 Å². The maximum Gasteiger partial charge on any atom is 0.250 e. The molecule has 2 aromatic heterocycles. The highest BCUT2D eigenvalue weighted by atomic mass is 16.1. The normalized spacial score (nSPS) is 11.3. The molecule has 0 aliphatic carbocycles. The Hall–Kier alpha value is -4.13. The molecule has 7 nitrogen and oxygen atoms in total. The van der Waals surface area contributed by atoms with Crippen LogP contribution in [0.1, 0.15) is 21.5 Å². The summed E-state index contributed by atoms with van der Waals surface area (Å²) >= 11 is 0. The molecule has 3 N–H and O–H groups in total. The van der Waals surface area contributed by atoms with Crippen molar-refractivity contribution >= 4 is 34.5 Å². The number of hydrogen-bond donors (Lipinski definition) is 2. The number of amides is 2. The van der Waals surface area contributed by atoms with Crippen LogP contribution < -0.4 is 11.1 Å². The second-order valence-electron chi connectivity index (χ2n) is 7.46. The third-order valence-corrected chi connectivity index (χ3v) is 5.33. The molecule has 0 fully saturated rings. The highest BCUT2D eigenvalue weighted by Crippen LogP contribution is 2.35. The summed E-state index contributed by atoms with van der Waals surface area (Å²) < 4.78 is 3.57. The fourth-order valence-electron chi connectivity index (χ4n) is 3.79. The molecule has 0 aliphatic heterocycles. The van der Waals surface area contributed by atoms with Gasteiger partial charge in [0.15, 0.2) is 0 Å². The van der Waals surface area contributed by atoms with Crippen LogP contribution in [0.15, 0.2) is 61.1 Å². The van der Waals surface area contributed by atoms with E-state index in [0.717, 1.165) is 38.8 Å². The number of carbonyl (C=O) groups excluding carboxylic acids is 2. The number of primary amides is 1. The van der Waals surface area contributed by atoms with Crippen molar-refractivity contribution in [1.29, 1.82) is 0 Å². The number of benzene rings is 2. The van der Waals surface area contributed by atoms with E-state index in [4.69, 9.17) is 5.73 Å². The zero-order valence-electron chi connectivity index (χ0n) is 17.6. The molecule has 156 valence electrons. The van der Waals surface area contributed by atoms with E-state index in [9.17, 15) is 9.59 Å². The molecule has 0 saturated carbocycles. The van der Waals surface area contributed by atoms with Crippen LogP contribution in [-0.4, -0.2) is 26.2 Å². The van der Waals surface area contributed by atoms with Crippen LogP contribution in [0.3, 0.4) is 0 Å². The predicted octanol–water partition coefficient (Wildman–Crippen LogP) is 3.64. The Bertz CT molecular complexity index is 1340. The van der Waals surface area contributed by atoms with Crippen LogP contribution in [0.2, 0.25) is 0 Å². The first-order chi connectivity index (χ1) is 14.8. The first kappa shape index (κ1) is 20.2. The zero-order chi connectivity index (χ0) is 22.1. The van der Waals surface area contributed by atoms with Gasteiger partial charge in [0, 0.05) is 49.2 Å². The number of anilines is 1. The quantitative estimate of drug-likeness (QED) is 0.489. The average molecular weight is 413 g/mol. The summed E-state index contributed by atoms with van der Waals surface area (Å²) in [6.07, 6.45) is 8.63. The zero-order valence-corrected chi connectivity index (χ0v) is 17.6. The summed E-state index contributed by atoms with van der Waals surface area (Å²) in [5, 5.41) is 7.96. The van der Waals surface area contributed by atoms with Crippen molar-refractivity contribution in [2.75, 3.05) is 5.32 Å². The number of fused-ring (bicyclic) bond motifs is 1. The Labute approximate surface area is 179 Å². The first-order valence-corrected chi connectivity index (χ1v) is 9.80. The number of aromatic nitrogens is 3. The number of nitrogens with zero attached hydrogens (tertiary/aromatic N) is 3. The van der Waals surface area contributed by atoms with Crippen LogP contribution in [0, 0.1) is 6.92 Å². The molecule has 2 heterocycles. The Morgan fingerprint density at radius 2 is 1.90 bits per heavy atom. The molecule has 4 aromatic rings. The van der Waals surface area contributed by atoms with Crippen molar-refractivity contribution < 1.29 is 9.59 Å². The lowest BCUT2D eigenvalue weighted by Gasteiger charge is -2.14. The molecule has 31 heavy (non-hydrogen) atoms. The van der Waals surface area contributed by atoms with E-state index in [1.807, 2.05) is 68.3 Å². The van der Waals surface area contributed by atoms with Gasteiger partial charge in [0.1, 0.15) is 0 Å². The minimum Gasteiger partial charge on any atom is -0.366 e. The van der Waals surface area contributed by atoms with E-state index in [-0.39, 0.29) is 5.91 Å². The number of rotatable bonds is 5. The van der Waals surface area contributed by atoms with Gasteiger partial charge < -0.3 is 15.6 Å². The monoisotopic (exact) mass is 413 g/mol. The molecule has 4 rings (SSSR count). The molecular weight excluding hydrogens is 390 g/mol. The molecule has 2 amide bonds. The van der Waals surface area contributed by atoms with E-state index in [2.05, 4.69) is 10.4 Å². The van der Waals surface area contributed by atoms with Gasteiger partial charge >= 0.3 is 0 Å². The van der Waals surface area contributed by atoms with Gasteiger partial charge in [-0.3, -0.25) is 14.3 Å². The van der Waals surface area contributed by atoms with E-state index in [1.54, 1.807) is 23.0 Å². The van der Waals surface area contributed by atoms with Gasteiger partial charge in [-0.05, 0) is 47.9 Å². The molecule has 0 spiro atoms. The molecular formula is C24H23N5O2. The van der Waals surface area contributed by atoms with E-state index in [1.165, 1.54) is 6.08 Å². The van der Waals surface area contributed by atoms with Gasteiger partial charge in [-0.25, -0.2) is 0 Å². The second-order valence-corrected chi connectivity index (χ2v) is 7.46. The Kier molecular flexibility index (Phi) is 5.17. The van der Waals surface area contributed by atoms with Crippen molar-refractivity contribution in [3.05, 3.63) is 77.8 Å². The molecule has 0 aliphatic rings. The molecule has 2 aromatic carbocycles. The van der Waals surface area contributed by atoms with Crippen LogP contribution in [0.25, 0.3) is 28.1 Å². The predicted molar refractivity (Wildman–Crippen MR) is 122 cm³/mol. The highest BCUT2D eigenvalue weighted by molar-refractivity contribution is 6.10. The van der Waals surface area contributed by atoms with Gasteiger partial charge in [0.25, 0.3) is 5.91 Å². The van der Waals surface area contributed by atoms with Gasteiger partial charge in [0.2, 0.25) is 5.91 Å². The van der Waals surface area contributed by atoms with Crippen molar-refractivity contribution in [3.63, 3.8) is 0 Å². The van der Waals surface area contributed by atoms with Gasteiger partial charge in [-0.15, -0.1) is 0 Å². The smallest absolute Gasteiger partial charge is 0.250 e. The summed E-state index contributed by atoms with van der Waals surface area (Å²) in [5.74, 6) is -0.686. The van der Waals surface area contributed by atoms with Crippen LogP contribution in [0.4, 0.5) is 5.69 Å². The lowest BCUT2D eigenvalue weighted by Crippen LogP contribution is -2.12.